The van der Waals surface area contributed by atoms with Crippen LogP contribution in [0, 0.1) is 56.7 Å². The maximum atomic E-state index is 12.8. The summed E-state index contributed by atoms with van der Waals surface area (Å²) in [6, 6.07) is 0. The zero-order valence-electron chi connectivity index (χ0n) is 22.2. The zero-order valence-corrected chi connectivity index (χ0v) is 22.2. The van der Waals surface area contributed by atoms with Gasteiger partial charge >= 0.3 is 5.97 Å². The third-order valence-corrected chi connectivity index (χ3v) is 13.6. The molecule has 0 aromatic heterocycles. The molecule has 0 saturated heterocycles. The van der Waals surface area contributed by atoms with Gasteiger partial charge in [0.05, 0.1) is 18.1 Å². The molecule has 4 unspecified atom stereocenters. The summed E-state index contributed by atoms with van der Waals surface area (Å²) < 4.78 is 0. The van der Waals surface area contributed by atoms with Crippen molar-refractivity contribution in [2.24, 2.45) is 56.7 Å². The number of hydrogen-bond acceptors (Lipinski definition) is 4. The molecule has 0 heterocycles. The predicted octanol–water partition coefficient (Wildman–Crippen LogP) is 5.24. The van der Waals surface area contributed by atoms with Crippen LogP contribution in [-0.2, 0) is 9.59 Å². The van der Waals surface area contributed by atoms with E-state index in [2.05, 4.69) is 34.3 Å². The van der Waals surface area contributed by atoms with E-state index in [9.17, 15) is 24.9 Å². The first-order valence-electron chi connectivity index (χ1n) is 14.0. The van der Waals surface area contributed by atoms with Crippen molar-refractivity contribution >= 4 is 12.3 Å². The number of aldehydes is 1. The molecule has 3 N–H and O–H groups in total. The van der Waals surface area contributed by atoms with E-state index in [1.807, 2.05) is 0 Å². The van der Waals surface area contributed by atoms with Gasteiger partial charge in [-0.2, -0.15) is 0 Å². The minimum absolute atomic E-state index is 0.00491. The van der Waals surface area contributed by atoms with Gasteiger partial charge in [-0.3, -0.25) is 9.59 Å². The third-order valence-electron chi connectivity index (χ3n) is 13.6. The van der Waals surface area contributed by atoms with Gasteiger partial charge in [0.25, 0.3) is 0 Å². The average Bonchev–Trinajstić information content (AvgIpc) is 3.23. The van der Waals surface area contributed by atoms with Gasteiger partial charge in [-0.1, -0.05) is 34.3 Å². The minimum Gasteiger partial charge on any atom is -0.481 e. The molecule has 0 aliphatic heterocycles. The Morgan fingerprint density at radius 2 is 1.63 bits per heavy atom. The second-order valence-corrected chi connectivity index (χ2v) is 14.2. The van der Waals surface area contributed by atoms with Gasteiger partial charge in [-0.05, 0) is 116 Å². The largest absolute Gasteiger partial charge is 0.481 e. The quantitative estimate of drug-likeness (QED) is 0.373. The molecule has 5 rings (SSSR count). The molecular weight excluding hydrogens is 440 g/mol. The van der Waals surface area contributed by atoms with Gasteiger partial charge in [0.1, 0.15) is 6.29 Å². The summed E-state index contributed by atoms with van der Waals surface area (Å²) in [5.74, 6) is 0.334. The third kappa shape index (κ3) is 2.94. The Morgan fingerprint density at radius 3 is 2.26 bits per heavy atom. The number of fused-ring (bicyclic) bond motifs is 7. The van der Waals surface area contributed by atoms with E-state index in [-0.39, 0.29) is 46.5 Å². The standard InChI is InChI=1S/C30H46O5/c1-18(16-31)19-8-13-30(25(34)35)15-14-28(4)20(24(19)30)6-7-22-26(2)11-10-23(33)27(3,17-32)21(26)9-12-29(22,28)5/h16,19-24,32-33H,1,6-15,17H2,2-5H3,(H,34,35)/t19-,20?,21?,22?,23+,24?,26-,27-,28+,29+,30-/m0/s1. The molecular formula is C30H46O5. The smallest absolute Gasteiger partial charge is 0.309 e. The number of carbonyl (C=O) groups is 2. The van der Waals surface area contributed by atoms with E-state index >= 15 is 0 Å². The number of aliphatic carboxylic acids is 1. The molecule has 0 radical (unpaired) electrons. The number of carboxylic acids is 1. The molecule has 5 aliphatic carbocycles. The van der Waals surface area contributed by atoms with Gasteiger partial charge in [0.2, 0.25) is 0 Å². The summed E-state index contributed by atoms with van der Waals surface area (Å²) in [6.07, 6.45) is 9.29. The molecule has 0 spiro atoms. The normalized spacial score (nSPS) is 55.1. The summed E-state index contributed by atoms with van der Waals surface area (Å²) in [5, 5.41) is 31.8. The Balaban J connectivity index is 1.57. The van der Waals surface area contributed by atoms with E-state index in [0.717, 1.165) is 57.7 Å². The molecule has 11 atom stereocenters. The van der Waals surface area contributed by atoms with Crippen LogP contribution in [0.25, 0.3) is 0 Å². The van der Waals surface area contributed by atoms with Crippen molar-refractivity contribution in [2.45, 2.75) is 98.0 Å². The number of aliphatic hydroxyl groups is 2. The Morgan fingerprint density at radius 1 is 0.914 bits per heavy atom. The molecule has 35 heavy (non-hydrogen) atoms. The number of carboxylic acid groups (broad SMARTS) is 1. The van der Waals surface area contributed by atoms with E-state index < -0.39 is 22.9 Å². The summed E-state index contributed by atoms with van der Waals surface area (Å²) in [4.78, 5) is 24.6. The van der Waals surface area contributed by atoms with Crippen molar-refractivity contribution in [1.29, 1.82) is 0 Å². The van der Waals surface area contributed by atoms with Crippen LogP contribution in [0.15, 0.2) is 12.2 Å². The fourth-order valence-electron chi connectivity index (χ4n) is 11.5. The Hall–Kier alpha value is -1.20. The van der Waals surface area contributed by atoms with Gasteiger partial charge < -0.3 is 15.3 Å². The van der Waals surface area contributed by atoms with Crippen LogP contribution in [0.3, 0.4) is 0 Å². The van der Waals surface area contributed by atoms with Crippen molar-refractivity contribution in [2.75, 3.05) is 6.61 Å². The van der Waals surface area contributed by atoms with Crippen LogP contribution < -0.4 is 0 Å². The van der Waals surface area contributed by atoms with E-state index in [0.29, 0.717) is 24.3 Å². The summed E-state index contributed by atoms with van der Waals surface area (Å²) in [6.45, 7) is 13.6. The lowest BCUT2D eigenvalue weighted by Crippen LogP contribution is -2.67. The second kappa shape index (κ2) is 7.90. The monoisotopic (exact) mass is 486 g/mol. The summed E-state index contributed by atoms with van der Waals surface area (Å²) >= 11 is 0. The number of allylic oxidation sites excluding steroid dienone is 1. The van der Waals surface area contributed by atoms with E-state index in [1.165, 1.54) is 0 Å². The fourth-order valence-corrected chi connectivity index (χ4v) is 11.5. The molecule has 0 aromatic carbocycles. The lowest BCUT2D eigenvalue weighted by Gasteiger charge is -2.72. The minimum atomic E-state index is -0.727. The van der Waals surface area contributed by atoms with Gasteiger partial charge in [0.15, 0.2) is 0 Å². The van der Waals surface area contributed by atoms with Gasteiger partial charge in [-0.15, -0.1) is 0 Å². The maximum absolute atomic E-state index is 12.8. The summed E-state index contributed by atoms with van der Waals surface area (Å²) in [5.41, 5.74) is -0.471. The van der Waals surface area contributed by atoms with Crippen LogP contribution in [0.5, 0.6) is 0 Å². The predicted molar refractivity (Wildman–Crippen MR) is 134 cm³/mol. The first-order valence-corrected chi connectivity index (χ1v) is 14.0. The topological polar surface area (TPSA) is 94.8 Å². The van der Waals surface area contributed by atoms with Crippen LogP contribution in [0.4, 0.5) is 0 Å². The van der Waals surface area contributed by atoms with Gasteiger partial charge in [-0.25, -0.2) is 0 Å². The zero-order chi connectivity index (χ0) is 25.6. The van der Waals surface area contributed by atoms with Crippen LogP contribution in [0.2, 0.25) is 0 Å². The molecule has 0 amide bonds. The van der Waals surface area contributed by atoms with Crippen LogP contribution in [0.1, 0.15) is 91.9 Å². The number of hydrogen-bond donors (Lipinski definition) is 3. The van der Waals surface area contributed by atoms with Crippen LogP contribution in [-0.4, -0.2) is 40.3 Å². The first kappa shape index (κ1) is 25.4. The van der Waals surface area contributed by atoms with Crippen molar-refractivity contribution in [1.82, 2.24) is 0 Å². The van der Waals surface area contributed by atoms with E-state index in [4.69, 9.17) is 0 Å². The SMILES string of the molecule is C=C(C=O)[C@@H]1CC[C@]2(C(=O)O)CC[C@]3(C)C(CCC4[C@@]5(C)CC[C@@H](O)[C@@](C)(CO)C5CC[C@]43C)C12. The number of aliphatic hydroxyl groups excluding tert-OH is 2. The van der Waals surface area contributed by atoms with Gasteiger partial charge in [0, 0.05) is 5.41 Å². The lowest BCUT2D eigenvalue weighted by atomic mass is 9.32. The molecule has 5 nitrogen and oxygen atoms in total. The number of rotatable bonds is 4. The molecule has 196 valence electrons. The number of carbonyl (C=O) groups excluding carboxylic acids is 1. The molecule has 5 saturated carbocycles. The molecule has 0 bridgehead atoms. The molecule has 5 aliphatic rings. The van der Waals surface area contributed by atoms with E-state index in [1.54, 1.807) is 0 Å². The van der Waals surface area contributed by atoms with Crippen molar-refractivity contribution in [3.8, 4) is 0 Å². The summed E-state index contributed by atoms with van der Waals surface area (Å²) in [7, 11) is 0. The average molecular weight is 487 g/mol. The van der Waals surface area contributed by atoms with Crippen molar-refractivity contribution in [3.05, 3.63) is 12.2 Å². The molecule has 5 fully saturated rings. The fraction of sp³-hybridized carbons (Fsp3) is 0.867. The first-order chi connectivity index (χ1) is 16.4. The highest BCUT2D eigenvalue weighted by atomic mass is 16.4. The molecule has 5 heteroatoms. The Bertz CT molecular complexity index is 930. The Kier molecular flexibility index (Phi) is 5.74. The van der Waals surface area contributed by atoms with Crippen molar-refractivity contribution < 1.29 is 24.9 Å². The Labute approximate surface area is 210 Å². The lowest BCUT2D eigenvalue weighted by molar-refractivity contribution is -0.254. The highest BCUT2D eigenvalue weighted by Gasteiger charge is 2.72. The van der Waals surface area contributed by atoms with Crippen molar-refractivity contribution in [3.63, 3.8) is 0 Å². The highest BCUT2D eigenvalue weighted by Crippen LogP contribution is 2.77. The molecule has 0 aromatic rings. The highest BCUT2D eigenvalue weighted by molar-refractivity contribution is 5.78. The second-order valence-electron chi connectivity index (χ2n) is 14.2. The maximum Gasteiger partial charge on any atom is 0.309 e. The van der Waals surface area contributed by atoms with Crippen LogP contribution >= 0.6 is 0 Å².